The highest BCUT2D eigenvalue weighted by Crippen LogP contribution is 2.06. The summed E-state index contributed by atoms with van der Waals surface area (Å²) in [4.78, 5) is 10.7. The normalized spacial score (nSPS) is 15.3. The standard InChI is InChI=1S/C8H17NO3S/c1-3-12-7(8(10)11)6(9)4-5-13-2/h6-7H,3-5,9H2,1-2H3,(H,10,11)/t6-,7?/m1/s1. The van der Waals surface area contributed by atoms with E-state index in [0.29, 0.717) is 13.0 Å². The third-order valence-corrected chi connectivity index (χ3v) is 2.28. The molecule has 3 N–H and O–H groups in total. The van der Waals surface area contributed by atoms with Gasteiger partial charge in [0.15, 0.2) is 6.10 Å². The van der Waals surface area contributed by atoms with Crippen LogP contribution in [0.3, 0.4) is 0 Å². The van der Waals surface area contributed by atoms with Gasteiger partial charge in [-0.1, -0.05) is 0 Å². The average molecular weight is 207 g/mol. The van der Waals surface area contributed by atoms with Crippen LogP contribution in [0.5, 0.6) is 0 Å². The third-order valence-electron chi connectivity index (χ3n) is 1.63. The molecule has 2 atom stereocenters. The van der Waals surface area contributed by atoms with Crippen molar-refractivity contribution in [2.75, 3.05) is 18.6 Å². The Morgan fingerprint density at radius 1 is 1.69 bits per heavy atom. The van der Waals surface area contributed by atoms with Crippen molar-refractivity contribution in [2.45, 2.75) is 25.5 Å². The summed E-state index contributed by atoms with van der Waals surface area (Å²) >= 11 is 1.65. The summed E-state index contributed by atoms with van der Waals surface area (Å²) in [5, 5.41) is 8.76. The lowest BCUT2D eigenvalue weighted by atomic mass is 10.1. The maximum Gasteiger partial charge on any atom is 0.334 e. The van der Waals surface area contributed by atoms with Crippen molar-refractivity contribution in [3.05, 3.63) is 0 Å². The molecule has 78 valence electrons. The maximum absolute atomic E-state index is 10.7. The fraction of sp³-hybridized carbons (Fsp3) is 0.875. The van der Waals surface area contributed by atoms with Crippen LogP contribution in [0.1, 0.15) is 13.3 Å². The molecule has 0 rings (SSSR count). The number of hydrogen-bond donors (Lipinski definition) is 2. The van der Waals surface area contributed by atoms with E-state index in [0.717, 1.165) is 5.75 Å². The van der Waals surface area contributed by atoms with E-state index < -0.39 is 18.1 Å². The monoisotopic (exact) mass is 207 g/mol. The molecule has 0 aliphatic carbocycles. The topological polar surface area (TPSA) is 72.5 Å². The number of hydrogen-bond acceptors (Lipinski definition) is 4. The van der Waals surface area contributed by atoms with Gasteiger partial charge in [0.05, 0.1) is 0 Å². The first-order valence-corrected chi connectivity index (χ1v) is 5.61. The van der Waals surface area contributed by atoms with Crippen molar-refractivity contribution in [2.24, 2.45) is 5.73 Å². The van der Waals surface area contributed by atoms with Crippen molar-refractivity contribution in [1.29, 1.82) is 0 Å². The molecule has 0 saturated heterocycles. The van der Waals surface area contributed by atoms with Crippen LogP contribution >= 0.6 is 11.8 Å². The van der Waals surface area contributed by atoms with Gasteiger partial charge < -0.3 is 15.6 Å². The zero-order valence-electron chi connectivity index (χ0n) is 8.03. The van der Waals surface area contributed by atoms with E-state index in [1.54, 1.807) is 18.7 Å². The first-order chi connectivity index (χ1) is 6.13. The van der Waals surface area contributed by atoms with Crippen LogP contribution in [0.2, 0.25) is 0 Å². The van der Waals surface area contributed by atoms with E-state index in [1.807, 2.05) is 6.26 Å². The molecule has 0 bridgehead atoms. The molecule has 0 aromatic carbocycles. The van der Waals surface area contributed by atoms with E-state index >= 15 is 0 Å². The SMILES string of the molecule is CCOC(C(=O)O)[C@H](N)CCSC. The molecule has 0 spiro atoms. The van der Waals surface area contributed by atoms with Crippen LogP contribution in [0.25, 0.3) is 0 Å². The Hall–Kier alpha value is -0.260. The number of thioether (sulfide) groups is 1. The summed E-state index contributed by atoms with van der Waals surface area (Å²) in [6.07, 6.45) is 1.76. The molecular formula is C8H17NO3S. The molecule has 0 radical (unpaired) electrons. The lowest BCUT2D eigenvalue weighted by Gasteiger charge is -2.19. The van der Waals surface area contributed by atoms with Crippen LogP contribution in [0, 0.1) is 0 Å². The second kappa shape index (κ2) is 7.17. The first kappa shape index (κ1) is 12.7. The highest BCUT2D eigenvalue weighted by molar-refractivity contribution is 7.98. The number of ether oxygens (including phenoxy) is 1. The molecule has 0 aliphatic heterocycles. The highest BCUT2D eigenvalue weighted by Gasteiger charge is 2.24. The van der Waals surface area contributed by atoms with E-state index in [1.165, 1.54) is 0 Å². The second-order valence-electron chi connectivity index (χ2n) is 2.66. The van der Waals surface area contributed by atoms with Gasteiger partial charge >= 0.3 is 5.97 Å². The van der Waals surface area contributed by atoms with Crippen molar-refractivity contribution < 1.29 is 14.6 Å². The molecule has 13 heavy (non-hydrogen) atoms. The zero-order chi connectivity index (χ0) is 10.3. The summed E-state index contributed by atoms with van der Waals surface area (Å²) in [5.74, 6) is -0.117. The Balaban J connectivity index is 3.95. The lowest BCUT2D eigenvalue weighted by Crippen LogP contribution is -2.42. The lowest BCUT2D eigenvalue weighted by molar-refractivity contribution is -0.151. The summed E-state index contributed by atoms with van der Waals surface area (Å²) < 4.78 is 5.03. The molecule has 1 unspecified atom stereocenters. The van der Waals surface area contributed by atoms with Crippen LogP contribution in [-0.4, -0.2) is 41.8 Å². The van der Waals surface area contributed by atoms with Crippen LogP contribution in [0.4, 0.5) is 0 Å². The molecule has 4 nitrogen and oxygen atoms in total. The van der Waals surface area contributed by atoms with Crippen molar-refractivity contribution >= 4 is 17.7 Å². The number of nitrogens with two attached hydrogens (primary N) is 1. The van der Waals surface area contributed by atoms with Gasteiger partial charge in [0.25, 0.3) is 0 Å². The van der Waals surface area contributed by atoms with Crippen molar-refractivity contribution in [3.63, 3.8) is 0 Å². The van der Waals surface area contributed by atoms with Gasteiger partial charge in [-0.05, 0) is 25.4 Å². The zero-order valence-corrected chi connectivity index (χ0v) is 8.84. The smallest absolute Gasteiger partial charge is 0.334 e. The van der Waals surface area contributed by atoms with E-state index in [4.69, 9.17) is 15.6 Å². The number of carbonyl (C=O) groups is 1. The number of carboxylic acids is 1. The number of aliphatic carboxylic acids is 1. The summed E-state index contributed by atoms with van der Waals surface area (Å²) in [6, 6.07) is -0.412. The summed E-state index contributed by atoms with van der Waals surface area (Å²) in [6.45, 7) is 2.14. The Kier molecular flexibility index (Phi) is 7.03. The Labute approximate surface area is 82.8 Å². The molecule has 0 amide bonds. The average Bonchev–Trinajstić information content (AvgIpc) is 2.09. The minimum atomic E-state index is -0.976. The minimum absolute atomic E-state index is 0.379. The Bertz CT molecular complexity index is 154. The number of rotatable bonds is 7. The largest absolute Gasteiger partial charge is 0.479 e. The molecular weight excluding hydrogens is 190 g/mol. The molecule has 0 aliphatic rings. The van der Waals surface area contributed by atoms with Gasteiger partial charge in [-0.25, -0.2) is 4.79 Å². The van der Waals surface area contributed by atoms with Gasteiger partial charge in [-0.2, -0.15) is 11.8 Å². The molecule has 0 saturated carbocycles. The molecule has 0 fully saturated rings. The van der Waals surface area contributed by atoms with Crippen LogP contribution in [-0.2, 0) is 9.53 Å². The molecule has 0 aromatic rings. The molecule has 5 heteroatoms. The van der Waals surface area contributed by atoms with Gasteiger partial charge in [-0.15, -0.1) is 0 Å². The molecule has 0 aromatic heterocycles. The predicted molar refractivity (Wildman–Crippen MR) is 54.0 cm³/mol. The van der Waals surface area contributed by atoms with Crippen molar-refractivity contribution in [3.8, 4) is 0 Å². The van der Waals surface area contributed by atoms with E-state index in [-0.39, 0.29) is 0 Å². The van der Waals surface area contributed by atoms with Crippen LogP contribution < -0.4 is 5.73 Å². The minimum Gasteiger partial charge on any atom is -0.479 e. The first-order valence-electron chi connectivity index (χ1n) is 4.22. The Morgan fingerprint density at radius 3 is 2.69 bits per heavy atom. The third kappa shape index (κ3) is 5.13. The highest BCUT2D eigenvalue weighted by atomic mass is 32.2. The van der Waals surface area contributed by atoms with Gasteiger partial charge in [0, 0.05) is 12.6 Å². The fourth-order valence-corrected chi connectivity index (χ4v) is 1.47. The summed E-state index contributed by atoms with van der Waals surface area (Å²) in [5.41, 5.74) is 5.67. The van der Waals surface area contributed by atoms with Gasteiger partial charge in [-0.3, -0.25) is 0 Å². The number of carboxylic acid groups (broad SMARTS) is 1. The van der Waals surface area contributed by atoms with E-state index in [9.17, 15) is 4.79 Å². The quantitative estimate of drug-likeness (QED) is 0.638. The maximum atomic E-state index is 10.7. The fourth-order valence-electron chi connectivity index (χ4n) is 0.963. The second-order valence-corrected chi connectivity index (χ2v) is 3.65. The predicted octanol–water partition coefficient (Wildman–Crippen LogP) is 0.556. The Morgan fingerprint density at radius 2 is 2.31 bits per heavy atom. The van der Waals surface area contributed by atoms with Gasteiger partial charge in [0.1, 0.15) is 0 Å². The van der Waals surface area contributed by atoms with Gasteiger partial charge in [0.2, 0.25) is 0 Å². The van der Waals surface area contributed by atoms with E-state index in [2.05, 4.69) is 0 Å². The van der Waals surface area contributed by atoms with Crippen LogP contribution in [0.15, 0.2) is 0 Å². The summed E-state index contributed by atoms with van der Waals surface area (Å²) in [7, 11) is 0. The molecule has 0 heterocycles. The van der Waals surface area contributed by atoms with Crippen molar-refractivity contribution in [1.82, 2.24) is 0 Å².